The van der Waals surface area contributed by atoms with Gasteiger partial charge < -0.3 is 10.2 Å². The Balaban J connectivity index is 2.20. The zero-order chi connectivity index (χ0) is 10.7. The molecule has 15 heavy (non-hydrogen) atoms. The number of nitrogens with two attached hydrogens (primary N) is 1. The van der Waals surface area contributed by atoms with Gasteiger partial charge in [0.1, 0.15) is 5.52 Å². The summed E-state index contributed by atoms with van der Waals surface area (Å²) in [5, 5.41) is 0. The van der Waals surface area contributed by atoms with Crippen molar-refractivity contribution in [2.24, 2.45) is 5.73 Å². The van der Waals surface area contributed by atoms with E-state index in [1.807, 2.05) is 24.3 Å². The monoisotopic (exact) mass is 204 g/mol. The van der Waals surface area contributed by atoms with Crippen molar-refractivity contribution in [3.05, 3.63) is 30.2 Å². The highest BCUT2D eigenvalue weighted by Crippen LogP contribution is 2.23. The van der Waals surface area contributed by atoms with Gasteiger partial charge in [0.05, 0.1) is 0 Å². The standard InChI is InChI=1S/C12H16N2O/c1-9(5-4-8-13)12-14-10-6-2-3-7-11(10)15-12/h2-3,6-7,9H,4-5,8,13H2,1H3. The Morgan fingerprint density at radius 2 is 2.20 bits per heavy atom. The summed E-state index contributed by atoms with van der Waals surface area (Å²) in [6.07, 6.45) is 2.04. The summed E-state index contributed by atoms with van der Waals surface area (Å²) in [5.74, 6) is 1.17. The van der Waals surface area contributed by atoms with Crippen molar-refractivity contribution >= 4 is 11.1 Å². The van der Waals surface area contributed by atoms with E-state index in [9.17, 15) is 0 Å². The van der Waals surface area contributed by atoms with Gasteiger partial charge >= 0.3 is 0 Å². The van der Waals surface area contributed by atoms with Gasteiger partial charge in [-0.05, 0) is 31.5 Å². The molecule has 0 aliphatic heterocycles. The van der Waals surface area contributed by atoms with Crippen molar-refractivity contribution in [1.29, 1.82) is 0 Å². The lowest BCUT2D eigenvalue weighted by Gasteiger charge is -2.04. The Hall–Kier alpha value is -1.35. The number of hydrogen-bond donors (Lipinski definition) is 1. The molecule has 3 nitrogen and oxygen atoms in total. The first-order valence-electron chi connectivity index (χ1n) is 5.37. The van der Waals surface area contributed by atoms with E-state index in [2.05, 4.69) is 11.9 Å². The number of nitrogens with zero attached hydrogens (tertiary/aromatic N) is 1. The van der Waals surface area contributed by atoms with Crippen molar-refractivity contribution in [2.45, 2.75) is 25.7 Å². The summed E-state index contributed by atoms with van der Waals surface area (Å²) < 4.78 is 5.67. The number of hydrogen-bond acceptors (Lipinski definition) is 3. The molecule has 2 aromatic rings. The fraction of sp³-hybridized carbons (Fsp3) is 0.417. The van der Waals surface area contributed by atoms with Crippen LogP contribution in [0.5, 0.6) is 0 Å². The van der Waals surface area contributed by atoms with Crippen LogP contribution in [0.4, 0.5) is 0 Å². The molecule has 0 bridgehead atoms. The van der Waals surface area contributed by atoms with Crippen molar-refractivity contribution in [3.63, 3.8) is 0 Å². The Kier molecular flexibility index (Phi) is 3.02. The third-order valence-electron chi connectivity index (χ3n) is 2.57. The molecule has 1 aromatic heterocycles. The lowest BCUT2D eigenvalue weighted by Crippen LogP contribution is -2.01. The first kappa shape index (κ1) is 10.2. The van der Waals surface area contributed by atoms with Crippen LogP contribution in [0.2, 0.25) is 0 Å². The summed E-state index contributed by atoms with van der Waals surface area (Å²) in [5.41, 5.74) is 7.28. The van der Waals surface area contributed by atoms with Crippen LogP contribution in [0, 0.1) is 0 Å². The van der Waals surface area contributed by atoms with Gasteiger partial charge in [0.15, 0.2) is 11.5 Å². The van der Waals surface area contributed by atoms with Gasteiger partial charge in [0.2, 0.25) is 0 Å². The van der Waals surface area contributed by atoms with E-state index < -0.39 is 0 Å². The van der Waals surface area contributed by atoms with Crippen LogP contribution >= 0.6 is 0 Å². The molecule has 1 unspecified atom stereocenters. The van der Waals surface area contributed by atoms with Crippen molar-refractivity contribution < 1.29 is 4.42 Å². The number of benzene rings is 1. The van der Waals surface area contributed by atoms with Crippen molar-refractivity contribution in [2.75, 3.05) is 6.54 Å². The van der Waals surface area contributed by atoms with Gasteiger partial charge in [-0.3, -0.25) is 0 Å². The molecule has 1 atom stereocenters. The lowest BCUT2D eigenvalue weighted by atomic mass is 10.1. The molecule has 2 N–H and O–H groups in total. The number of rotatable bonds is 4. The Morgan fingerprint density at radius 1 is 1.40 bits per heavy atom. The Labute approximate surface area is 89.3 Å². The van der Waals surface area contributed by atoms with Gasteiger partial charge in [-0.1, -0.05) is 19.1 Å². The average Bonchev–Trinajstić information content (AvgIpc) is 2.69. The molecule has 0 spiro atoms. The molecule has 1 heterocycles. The van der Waals surface area contributed by atoms with Crippen LogP contribution in [0.1, 0.15) is 31.6 Å². The van der Waals surface area contributed by atoms with E-state index >= 15 is 0 Å². The molecular weight excluding hydrogens is 188 g/mol. The fourth-order valence-corrected chi connectivity index (χ4v) is 1.65. The van der Waals surface area contributed by atoms with Crippen LogP contribution in [0.25, 0.3) is 11.1 Å². The minimum atomic E-state index is 0.348. The Morgan fingerprint density at radius 3 is 2.93 bits per heavy atom. The maximum absolute atomic E-state index is 5.67. The second-order valence-electron chi connectivity index (χ2n) is 3.85. The maximum atomic E-state index is 5.67. The molecule has 0 saturated heterocycles. The molecule has 0 radical (unpaired) electrons. The molecule has 80 valence electrons. The number of oxazole rings is 1. The molecule has 2 rings (SSSR count). The maximum Gasteiger partial charge on any atom is 0.198 e. The minimum absolute atomic E-state index is 0.348. The van der Waals surface area contributed by atoms with E-state index in [1.54, 1.807) is 0 Å². The predicted octanol–water partition coefficient (Wildman–Crippen LogP) is 2.67. The van der Waals surface area contributed by atoms with Crippen LogP contribution in [0.3, 0.4) is 0 Å². The van der Waals surface area contributed by atoms with E-state index in [1.165, 1.54) is 0 Å². The summed E-state index contributed by atoms with van der Waals surface area (Å²) in [7, 11) is 0. The largest absolute Gasteiger partial charge is 0.440 e. The van der Waals surface area contributed by atoms with Crippen LogP contribution < -0.4 is 5.73 Å². The zero-order valence-corrected chi connectivity index (χ0v) is 8.94. The summed E-state index contributed by atoms with van der Waals surface area (Å²) in [4.78, 5) is 4.46. The van der Waals surface area contributed by atoms with Gasteiger partial charge in [-0.2, -0.15) is 0 Å². The highest BCUT2D eigenvalue weighted by atomic mass is 16.3. The van der Waals surface area contributed by atoms with Crippen molar-refractivity contribution in [1.82, 2.24) is 4.98 Å². The molecule has 1 aromatic carbocycles. The summed E-state index contributed by atoms with van der Waals surface area (Å²) in [6.45, 7) is 2.85. The van der Waals surface area contributed by atoms with Gasteiger partial charge in [0.25, 0.3) is 0 Å². The first-order valence-corrected chi connectivity index (χ1v) is 5.37. The predicted molar refractivity (Wildman–Crippen MR) is 60.7 cm³/mol. The fourth-order valence-electron chi connectivity index (χ4n) is 1.65. The quantitative estimate of drug-likeness (QED) is 0.833. The highest BCUT2D eigenvalue weighted by molar-refractivity contribution is 5.72. The van der Waals surface area contributed by atoms with Crippen LogP contribution in [-0.2, 0) is 0 Å². The minimum Gasteiger partial charge on any atom is -0.440 e. The Bertz CT molecular complexity index is 403. The summed E-state index contributed by atoms with van der Waals surface area (Å²) >= 11 is 0. The number of fused-ring (bicyclic) bond motifs is 1. The third kappa shape index (κ3) is 2.18. The van der Waals surface area contributed by atoms with Crippen molar-refractivity contribution in [3.8, 4) is 0 Å². The van der Waals surface area contributed by atoms with Gasteiger partial charge in [-0.25, -0.2) is 4.98 Å². The lowest BCUT2D eigenvalue weighted by molar-refractivity contribution is 0.464. The first-order chi connectivity index (χ1) is 7.31. The zero-order valence-electron chi connectivity index (χ0n) is 8.94. The molecule has 0 fully saturated rings. The van der Waals surface area contributed by atoms with E-state index in [0.29, 0.717) is 5.92 Å². The van der Waals surface area contributed by atoms with E-state index in [-0.39, 0.29) is 0 Å². The molecule has 0 saturated carbocycles. The van der Waals surface area contributed by atoms with Gasteiger partial charge in [0, 0.05) is 5.92 Å². The number of para-hydroxylation sites is 2. The second kappa shape index (κ2) is 4.45. The van der Waals surface area contributed by atoms with E-state index in [4.69, 9.17) is 10.2 Å². The molecule has 0 aliphatic rings. The van der Waals surface area contributed by atoms with Gasteiger partial charge in [-0.15, -0.1) is 0 Å². The highest BCUT2D eigenvalue weighted by Gasteiger charge is 2.12. The topological polar surface area (TPSA) is 52.0 Å². The third-order valence-corrected chi connectivity index (χ3v) is 2.57. The average molecular weight is 204 g/mol. The van der Waals surface area contributed by atoms with Crippen LogP contribution in [-0.4, -0.2) is 11.5 Å². The summed E-state index contributed by atoms with van der Waals surface area (Å²) in [6, 6.07) is 7.85. The normalized spacial score (nSPS) is 13.2. The molecular formula is C12H16N2O. The number of aromatic nitrogens is 1. The molecule has 0 aliphatic carbocycles. The second-order valence-corrected chi connectivity index (χ2v) is 3.85. The molecule has 0 amide bonds. The van der Waals surface area contributed by atoms with E-state index in [0.717, 1.165) is 36.4 Å². The molecule has 3 heteroatoms. The smallest absolute Gasteiger partial charge is 0.198 e. The van der Waals surface area contributed by atoms with Crippen LogP contribution in [0.15, 0.2) is 28.7 Å². The SMILES string of the molecule is CC(CCCN)c1nc2ccccc2o1.